The maximum absolute atomic E-state index is 10.4. The number of hydrogen-bond acceptors (Lipinski definition) is 4. The number of rotatable bonds is 3. The SMILES string of the molecule is C=CC(=O)OC(C)(O)C(=O)O.[KH]. The molecule has 0 rings (SSSR count). The van der Waals surface area contributed by atoms with Gasteiger partial charge in [0.05, 0.1) is 0 Å². The van der Waals surface area contributed by atoms with Crippen molar-refractivity contribution in [1.82, 2.24) is 0 Å². The van der Waals surface area contributed by atoms with Crippen LogP contribution in [0.25, 0.3) is 0 Å². The molecule has 12 heavy (non-hydrogen) atoms. The van der Waals surface area contributed by atoms with Crippen LogP contribution in [0.5, 0.6) is 0 Å². The van der Waals surface area contributed by atoms with Gasteiger partial charge in [-0.3, -0.25) is 0 Å². The molecule has 0 fully saturated rings. The predicted molar refractivity (Wildman–Crippen MR) is 41.7 cm³/mol. The van der Waals surface area contributed by atoms with Crippen LogP contribution in [0.2, 0.25) is 0 Å². The van der Waals surface area contributed by atoms with Gasteiger partial charge in [-0.1, -0.05) is 6.58 Å². The molecular formula is C6H9KO5. The number of carboxylic acids is 1. The van der Waals surface area contributed by atoms with E-state index in [1.54, 1.807) is 0 Å². The third-order valence-electron chi connectivity index (χ3n) is 0.863. The molecule has 2 N–H and O–H groups in total. The Bertz CT molecular complexity index is 198. The Kier molecular flexibility index (Phi) is 7.20. The van der Waals surface area contributed by atoms with Crippen molar-refractivity contribution in [3.63, 3.8) is 0 Å². The molecule has 0 heterocycles. The van der Waals surface area contributed by atoms with Gasteiger partial charge < -0.3 is 14.9 Å². The molecule has 0 aromatic rings. The Morgan fingerprint density at radius 1 is 1.58 bits per heavy atom. The Hall–Kier alpha value is 0.276. The van der Waals surface area contributed by atoms with Gasteiger partial charge >= 0.3 is 69.1 Å². The molecule has 5 nitrogen and oxygen atoms in total. The van der Waals surface area contributed by atoms with Crippen molar-refractivity contribution in [2.75, 3.05) is 0 Å². The second kappa shape index (κ2) is 5.84. The Morgan fingerprint density at radius 2 is 2.00 bits per heavy atom. The van der Waals surface area contributed by atoms with Crippen molar-refractivity contribution in [3.05, 3.63) is 12.7 Å². The minimum atomic E-state index is -2.48. The van der Waals surface area contributed by atoms with Crippen LogP contribution in [0.3, 0.4) is 0 Å². The van der Waals surface area contributed by atoms with Gasteiger partial charge in [0.1, 0.15) is 0 Å². The van der Waals surface area contributed by atoms with E-state index in [1.807, 2.05) is 0 Å². The molecule has 0 amide bonds. The van der Waals surface area contributed by atoms with E-state index >= 15 is 0 Å². The van der Waals surface area contributed by atoms with Gasteiger partial charge in [0.25, 0.3) is 0 Å². The van der Waals surface area contributed by atoms with Gasteiger partial charge in [-0.05, 0) is 0 Å². The van der Waals surface area contributed by atoms with E-state index in [1.165, 1.54) is 0 Å². The molecule has 0 saturated heterocycles. The number of hydrogen-bond donors (Lipinski definition) is 2. The third-order valence-corrected chi connectivity index (χ3v) is 0.863. The molecule has 0 aromatic heterocycles. The average Bonchev–Trinajstić information content (AvgIpc) is 1.86. The van der Waals surface area contributed by atoms with Crippen molar-refractivity contribution in [1.29, 1.82) is 0 Å². The first-order valence-corrected chi connectivity index (χ1v) is 2.71. The molecule has 0 aliphatic heterocycles. The second-order valence-electron chi connectivity index (χ2n) is 1.91. The molecule has 0 aliphatic carbocycles. The summed E-state index contributed by atoms with van der Waals surface area (Å²) in [7, 11) is 0. The van der Waals surface area contributed by atoms with Crippen LogP contribution < -0.4 is 0 Å². The van der Waals surface area contributed by atoms with Crippen LogP contribution in [0.15, 0.2) is 12.7 Å². The molecule has 0 bridgehead atoms. The summed E-state index contributed by atoms with van der Waals surface area (Å²) in [5.41, 5.74) is 0. The molecule has 0 aliphatic rings. The van der Waals surface area contributed by atoms with Crippen LogP contribution >= 0.6 is 0 Å². The summed E-state index contributed by atoms with van der Waals surface area (Å²) in [6.07, 6.45) is 0.761. The average molecular weight is 200 g/mol. The monoisotopic (exact) mass is 200 g/mol. The number of carbonyl (C=O) groups is 2. The molecule has 0 radical (unpaired) electrons. The zero-order valence-corrected chi connectivity index (χ0v) is 5.90. The number of aliphatic hydroxyl groups is 1. The topological polar surface area (TPSA) is 83.8 Å². The van der Waals surface area contributed by atoms with Crippen molar-refractivity contribution in [3.8, 4) is 0 Å². The maximum atomic E-state index is 10.4. The Balaban J connectivity index is 0. The van der Waals surface area contributed by atoms with E-state index < -0.39 is 17.7 Å². The first kappa shape index (κ1) is 14.8. The molecule has 1 atom stereocenters. The fourth-order valence-electron chi connectivity index (χ4n) is 0.281. The van der Waals surface area contributed by atoms with Gasteiger partial charge in [-0.2, -0.15) is 0 Å². The number of aliphatic carboxylic acids is 1. The van der Waals surface area contributed by atoms with Gasteiger partial charge in [0, 0.05) is 13.0 Å². The Morgan fingerprint density at radius 3 is 2.25 bits per heavy atom. The van der Waals surface area contributed by atoms with Crippen molar-refractivity contribution < 1.29 is 24.5 Å². The number of esters is 1. The fraction of sp³-hybridized carbons (Fsp3) is 0.333. The number of carboxylic acid groups (broad SMARTS) is 1. The van der Waals surface area contributed by atoms with Gasteiger partial charge in [-0.25, -0.2) is 9.59 Å². The van der Waals surface area contributed by atoms with Crippen LogP contribution in [0.4, 0.5) is 0 Å². The number of ether oxygens (including phenoxy) is 1. The van der Waals surface area contributed by atoms with Crippen LogP contribution in [-0.2, 0) is 14.3 Å². The van der Waals surface area contributed by atoms with E-state index in [0.29, 0.717) is 0 Å². The number of carbonyl (C=O) groups excluding carboxylic acids is 1. The summed E-state index contributed by atoms with van der Waals surface area (Å²) >= 11 is 0. The normalized spacial score (nSPS) is 13.5. The van der Waals surface area contributed by atoms with Crippen molar-refractivity contribution in [2.45, 2.75) is 12.7 Å². The zero-order valence-electron chi connectivity index (χ0n) is 5.90. The predicted octanol–water partition coefficient (Wildman–Crippen LogP) is -1.14. The van der Waals surface area contributed by atoms with Crippen LogP contribution in [0.1, 0.15) is 6.92 Å². The summed E-state index contributed by atoms with van der Waals surface area (Å²) in [6.45, 7) is 3.87. The van der Waals surface area contributed by atoms with E-state index in [2.05, 4.69) is 11.3 Å². The standard InChI is InChI=1S/C6H8O5.K.H/c1-3-4(7)11-6(2,10)5(8)9;;/h3,10H,1H2,2H3,(H,8,9);;. The first-order chi connectivity index (χ1) is 4.90. The second-order valence-corrected chi connectivity index (χ2v) is 1.91. The summed E-state index contributed by atoms with van der Waals surface area (Å²) in [4.78, 5) is 20.5. The van der Waals surface area contributed by atoms with E-state index in [9.17, 15) is 9.59 Å². The van der Waals surface area contributed by atoms with Crippen LogP contribution in [0, 0.1) is 0 Å². The Labute approximate surface area is 112 Å². The fourth-order valence-corrected chi connectivity index (χ4v) is 0.281. The van der Waals surface area contributed by atoms with Gasteiger partial charge in [-0.15, -0.1) is 0 Å². The molecule has 6 heteroatoms. The quantitative estimate of drug-likeness (QED) is 0.260. The van der Waals surface area contributed by atoms with Crippen molar-refractivity contribution in [2.24, 2.45) is 0 Å². The zero-order chi connectivity index (χ0) is 9.07. The molecule has 0 aromatic carbocycles. The molecule has 1 unspecified atom stereocenters. The minimum absolute atomic E-state index is 0. The summed E-state index contributed by atoms with van der Waals surface area (Å²) in [5, 5.41) is 17.0. The van der Waals surface area contributed by atoms with E-state index in [0.717, 1.165) is 13.0 Å². The van der Waals surface area contributed by atoms with Gasteiger partial charge in [0.15, 0.2) is 0 Å². The third kappa shape index (κ3) is 5.02. The first-order valence-electron chi connectivity index (χ1n) is 2.71. The van der Waals surface area contributed by atoms with E-state index in [-0.39, 0.29) is 51.4 Å². The van der Waals surface area contributed by atoms with Gasteiger partial charge in [0.2, 0.25) is 0 Å². The van der Waals surface area contributed by atoms with E-state index in [4.69, 9.17) is 10.2 Å². The summed E-state index contributed by atoms with van der Waals surface area (Å²) < 4.78 is 4.05. The molecule has 64 valence electrons. The van der Waals surface area contributed by atoms with Crippen LogP contribution in [-0.4, -0.2) is 79.3 Å². The molecule has 0 saturated carbocycles. The molecular weight excluding hydrogens is 191 g/mol. The molecule has 0 spiro atoms. The summed E-state index contributed by atoms with van der Waals surface area (Å²) in [5.74, 6) is -5.10. The van der Waals surface area contributed by atoms with Crippen molar-refractivity contribution >= 4 is 63.3 Å². The summed E-state index contributed by atoms with van der Waals surface area (Å²) in [6, 6.07) is 0.